The van der Waals surface area contributed by atoms with Crippen LogP contribution in [0.5, 0.6) is 0 Å². The van der Waals surface area contributed by atoms with Gasteiger partial charge in [-0.1, -0.05) is 6.92 Å². The van der Waals surface area contributed by atoms with Crippen LogP contribution in [0.25, 0.3) is 0 Å². The lowest BCUT2D eigenvalue weighted by Crippen LogP contribution is -2.18. The molecule has 0 saturated carbocycles. The van der Waals surface area contributed by atoms with Crippen molar-refractivity contribution in [3.8, 4) is 0 Å². The topological polar surface area (TPSA) is 62.7 Å². The molecule has 6 heteroatoms. The van der Waals surface area contributed by atoms with Gasteiger partial charge in [0.25, 0.3) is 0 Å². The molecule has 1 rings (SSSR count). The molecule has 0 radical (unpaired) electrons. The first-order valence-electron chi connectivity index (χ1n) is 5.46. The Kier molecular flexibility index (Phi) is 4.73. The summed E-state index contributed by atoms with van der Waals surface area (Å²) < 4.78 is 0. The maximum Gasteiger partial charge on any atom is 0.229 e. The Balaban J connectivity index is 2.81. The van der Waals surface area contributed by atoms with E-state index in [0.29, 0.717) is 17.9 Å². The van der Waals surface area contributed by atoms with Gasteiger partial charge in [0.1, 0.15) is 0 Å². The summed E-state index contributed by atoms with van der Waals surface area (Å²) in [5, 5.41) is 6.45. The first-order chi connectivity index (χ1) is 7.51. The molecule has 0 unspecified atom stereocenters. The predicted octanol–water partition coefficient (Wildman–Crippen LogP) is 2.56. The van der Waals surface area contributed by atoms with Gasteiger partial charge in [-0.3, -0.25) is 0 Å². The van der Waals surface area contributed by atoms with Crippen molar-refractivity contribution >= 4 is 23.5 Å². The number of rotatable bonds is 5. The normalized spacial score (nSPS) is 12.6. The van der Waals surface area contributed by atoms with Gasteiger partial charge in [0.2, 0.25) is 17.2 Å². The van der Waals surface area contributed by atoms with Crippen molar-refractivity contribution in [1.29, 1.82) is 0 Å². The number of halogens is 1. The minimum Gasteiger partial charge on any atom is -0.352 e. The number of hydrogen-bond acceptors (Lipinski definition) is 5. The molecule has 1 aromatic rings. The Hall–Kier alpha value is -1.10. The summed E-state index contributed by atoms with van der Waals surface area (Å²) in [4.78, 5) is 12.3. The van der Waals surface area contributed by atoms with E-state index in [0.717, 1.165) is 6.42 Å². The Morgan fingerprint density at radius 3 is 2.12 bits per heavy atom. The molecule has 0 aliphatic heterocycles. The zero-order valence-electron chi connectivity index (χ0n) is 10.1. The van der Waals surface area contributed by atoms with Crippen LogP contribution in [-0.2, 0) is 0 Å². The third kappa shape index (κ3) is 4.18. The van der Waals surface area contributed by atoms with E-state index in [2.05, 4.69) is 39.4 Å². The van der Waals surface area contributed by atoms with Gasteiger partial charge in [-0.15, -0.1) is 0 Å². The van der Waals surface area contributed by atoms with Crippen molar-refractivity contribution in [1.82, 2.24) is 15.0 Å². The van der Waals surface area contributed by atoms with Crippen LogP contribution in [0.2, 0.25) is 5.28 Å². The van der Waals surface area contributed by atoms with Gasteiger partial charge >= 0.3 is 0 Å². The summed E-state index contributed by atoms with van der Waals surface area (Å²) in [7, 11) is 0. The van der Waals surface area contributed by atoms with Crippen molar-refractivity contribution in [3.05, 3.63) is 5.28 Å². The Morgan fingerprint density at radius 1 is 1.06 bits per heavy atom. The summed E-state index contributed by atoms with van der Waals surface area (Å²) in [6.07, 6.45) is 0.996. The Labute approximate surface area is 101 Å². The summed E-state index contributed by atoms with van der Waals surface area (Å²) in [6.45, 7) is 8.18. The van der Waals surface area contributed by atoms with Crippen LogP contribution in [0.15, 0.2) is 0 Å². The molecule has 0 aromatic carbocycles. The van der Waals surface area contributed by atoms with Crippen molar-refractivity contribution < 1.29 is 0 Å². The van der Waals surface area contributed by atoms with Gasteiger partial charge in [0.15, 0.2) is 0 Å². The Bertz CT molecular complexity index is 342. The maximum atomic E-state index is 5.82. The smallest absolute Gasteiger partial charge is 0.229 e. The van der Waals surface area contributed by atoms with Crippen molar-refractivity contribution in [2.24, 2.45) is 0 Å². The maximum absolute atomic E-state index is 5.82. The molecule has 0 saturated heterocycles. The van der Waals surface area contributed by atoms with Crippen LogP contribution < -0.4 is 10.6 Å². The number of anilines is 2. The number of nitrogens with zero attached hydrogens (tertiary/aromatic N) is 3. The first kappa shape index (κ1) is 13.0. The van der Waals surface area contributed by atoms with Gasteiger partial charge in [0, 0.05) is 12.1 Å². The molecule has 0 bridgehead atoms. The third-order valence-corrected chi connectivity index (χ3v) is 2.18. The summed E-state index contributed by atoms with van der Waals surface area (Å²) in [5.41, 5.74) is 0. The molecule has 1 aromatic heterocycles. The summed E-state index contributed by atoms with van der Waals surface area (Å²) in [5.74, 6) is 1.01. The fourth-order valence-corrected chi connectivity index (χ4v) is 1.22. The highest BCUT2D eigenvalue weighted by Gasteiger charge is 2.07. The van der Waals surface area contributed by atoms with Crippen LogP contribution in [-0.4, -0.2) is 27.0 Å². The van der Waals surface area contributed by atoms with E-state index in [1.54, 1.807) is 0 Å². The van der Waals surface area contributed by atoms with Gasteiger partial charge in [0.05, 0.1) is 0 Å². The molecule has 0 fully saturated rings. The SMILES string of the molecule is CC[C@H](C)Nc1nc(Cl)nc(NC(C)C)n1. The molecular formula is C10H18ClN5. The standard InChI is InChI=1S/C10H18ClN5/c1-5-7(4)13-10-15-8(11)14-9(16-10)12-6(2)3/h6-7H,5H2,1-4H3,(H2,12,13,14,15,16)/t7-/m0/s1. The fourth-order valence-electron chi connectivity index (χ4n) is 1.06. The molecule has 0 aliphatic rings. The molecule has 0 spiro atoms. The van der Waals surface area contributed by atoms with E-state index >= 15 is 0 Å². The molecule has 1 heterocycles. The number of aromatic nitrogens is 3. The minimum atomic E-state index is 0.198. The molecule has 90 valence electrons. The van der Waals surface area contributed by atoms with E-state index in [4.69, 9.17) is 11.6 Å². The van der Waals surface area contributed by atoms with Crippen LogP contribution >= 0.6 is 11.6 Å². The average Bonchev–Trinajstić information content (AvgIpc) is 2.15. The second-order valence-electron chi connectivity index (χ2n) is 4.00. The highest BCUT2D eigenvalue weighted by atomic mass is 35.5. The van der Waals surface area contributed by atoms with Crippen LogP contribution in [0.4, 0.5) is 11.9 Å². The lowest BCUT2D eigenvalue weighted by Gasteiger charge is -2.13. The predicted molar refractivity (Wildman–Crippen MR) is 67.0 cm³/mol. The minimum absolute atomic E-state index is 0.198. The highest BCUT2D eigenvalue weighted by molar-refractivity contribution is 6.28. The van der Waals surface area contributed by atoms with Gasteiger partial charge in [-0.05, 0) is 38.8 Å². The van der Waals surface area contributed by atoms with Gasteiger partial charge in [-0.25, -0.2) is 0 Å². The molecule has 0 aliphatic carbocycles. The fraction of sp³-hybridized carbons (Fsp3) is 0.700. The van der Waals surface area contributed by atoms with E-state index < -0.39 is 0 Å². The quantitative estimate of drug-likeness (QED) is 0.832. The van der Waals surface area contributed by atoms with Crippen molar-refractivity contribution in [3.63, 3.8) is 0 Å². The molecule has 16 heavy (non-hydrogen) atoms. The van der Waals surface area contributed by atoms with Crippen LogP contribution in [0, 0.1) is 0 Å². The van der Waals surface area contributed by atoms with Crippen LogP contribution in [0.3, 0.4) is 0 Å². The van der Waals surface area contributed by atoms with E-state index in [-0.39, 0.29) is 11.3 Å². The summed E-state index contributed by atoms with van der Waals surface area (Å²) >= 11 is 5.82. The molecular weight excluding hydrogens is 226 g/mol. The monoisotopic (exact) mass is 243 g/mol. The first-order valence-corrected chi connectivity index (χ1v) is 5.83. The van der Waals surface area contributed by atoms with Gasteiger partial charge < -0.3 is 10.6 Å². The largest absolute Gasteiger partial charge is 0.352 e. The summed E-state index contributed by atoms with van der Waals surface area (Å²) in [6, 6.07) is 0.570. The zero-order chi connectivity index (χ0) is 12.1. The van der Waals surface area contributed by atoms with Crippen LogP contribution in [0.1, 0.15) is 34.1 Å². The lowest BCUT2D eigenvalue weighted by molar-refractivity contribution is 0.749. The molecule has 0 amide bonds. The van der Waals surface area contributed by atoms with Gasteiger partial charge in [-0.2, -0.15) is 15.0 Å². The lowest BCUT2D eigenvalue weighted by atomic mass is 10.3. The zero-order valence-corrected chi connectivity index (χ0v) is 10.8. The van der Waals surface area contributed by atoms with E-state index in [9.17, 15) is 0 Å². The second kappa shape index (κ2) is 5.84. The van der Waals surface area contributed by atoms with E-state index in [1.165, 1.54) is 0 Å². The number of hydrogen-bond donors (Lipinski definition) is 2. The third-order valence-electron chi connectivity index (χ3n) is 2.01. The van der Waals surface area contributed by atoms with Crippen molar-refractivity contribution in [2.75, 3.05) is 10.6 Å². The Morgan fingerprint density at radius 2 is 1.62 bits per heavy atom. The number of nitrogens with one attached hydrogen (secondary N) is 2. The van der Waals surface area contributed by atoms with Crippen molar-refractivity contribution in [2.45, 2.75) is 46.2 Å². The average molecular weight is 244 g/mol. The van der Waals surface area contributed by atoms with E-state index in [1.807, 2.05) is 13.8 Å². The highest BCUT2D eigenvalue weighted by Crippen LogP contribution is 2.11. The molecule has 5 nitrogen and oxygen atoms in total. The molecule has 1 atom stereocenters. The molecule has 2 N–H and O–H groups in total. The second-order valence-corrected chi connectivity index (χ2v) is 4.34.